The molecule has 1 aromatic carbocycles. The van der Waals surface area contributed by atoms with Gasteiger partial charge in [0.05, 0.1) is 0 Å². The second-order valence-corrected chi connectivity index (χ2v) is 4.71. The summed E-state index contributed by atoms with van der Waals surface area (Å²) in [4.78, 5) is 0. The Labute approximate surface area is 100 Å². The molecule has 0 spiro atoms. The average molecular weight is 243 g/mol. The van der Waals surface area contributed by atoms with Gasteiger partial charge in [-0.1, -0.05) is 11.6 Å². The van der Waals surface area contributed by atoms with Gasteiger partial charge in [-0.25, -0.2) is 4.39 Å². The highest BCUT2D eigenvalue weighted by atomic mass is 35.5. The zero-order valence-electron chi connectivity index (χ0n) is 9.48. The first-order valence-corrected chi connectivity index (χ1v) is 5.84. The van der Waals surface area contributed by atoms with E-state index in [1.54, 1.807) is 19.1 Å². The summed E-state index contributed by atoms with van der Waals surface area (Å²) in [6.07, 6.45) is 0. The summed E-state index contributed by atoms with van der Waals surface area (Å²) in [5, 5.41) is 7.07. The minimum Gasteiger partial charge on any atom is -0.316 e. The Morgan fingerprint density at radius 3 is 2.69 bits per heavy atom. The van der Waals surface area contributed by atoms with Crippen molar-refractivity contribution < 1.29 is 4.39 Å². The van der Waals surface area contributed by atoms with E-state index in [1.165, 1.54) is 0 Å². The van der Waals surface area contributed by atoms with Gasteiger partial charge < -0.3 is 10.6 Å². The van der Waals surface area contributed by atoms with Crippen LogP contribution >= 0.6 is 11.6 Å². The molecule has 1 atom stereocenters. The van der Waals surface area contributed by atoms with Crippen LogP contribution in [0.5, 0.6) is 0 Å². The summed E-state index contributed by atoms with van der Waals surface area (Å²) < 4.78 is 13.5. The summed E-state index contributed by atoms with van der Waals surface area (Å²) in [5.41, 5.74) is 1.45. The fourth-order valence-electron chi connectivity index (χ4n) is 2.09. The summed E-state index contributed by atoms with van der Waals surface area (Å²) >= 11 is 6.17. The average Bonchev–Trinajstić information content (AvgIpc) is 2.17. The maximum Gasteiger partial charge on any atom is 0.126 e. The maximum absolute atomic E-state index is 13.5. The predicted octanol–water partition coefficient (Wildman–Crippen LogP) is 2.27. The minimum atomic E-state index is -0.188. The molecule has 1 aliphatic rings. The first-order chi connectivity index (χ1) is 7.63. The molecule has 1 saturated heterocycles. The molecule has 1 heterocycles. The molecule has 1 aromatic rings. The standard InChI is InChI=1S/C12H16ClFN2/c1-7-3-10(13)9(4-11(7)14)12(15-2)8-5-16-6-8/h3-4,8,12,15-16H,5-6H2,1-2H3. The van der Waals surface area contributed by atoms with Crippen LogP contribution in [-0.2, 0) is 0 Å². The zero-order valence-corrected chi connectivity index (χ0v) is 10.2. The number of rotatable bonds is 3. The fourth-order valence-corrected chi connectivity index (χ4v) is 2.43. The largest absolute Gasteiger partial charge is 0.316 e. The Bertz CT molecular complexity index is 391. The van der Waals surface area contributed by atoms with E-state index in [0.29, 0.717) is 16.5 Å². The first-order valence-electron chi connectivity index (χ1n) is 5.47. The smallest absolute Gasteiger partial charge is 0.126 e. The van der Waals surface area contributed by atoms with Crippen molar-refractivity contribution in [3.63, 3.8) is 0 Å². The highest BCUT2D eigenvalue weighted by Crippen LogP contribution is 2.31. The van der Waals surface area contributed by atoms with Gasteiger partial charge in [-0.2, -0.15) is 0 Å². The maximum atomic E-state index is 13.5. The number of aryl methyl sites for hydroxylation is 1. The van der Waals surface area contributed by atoms with Crippen LogP contribution in [0.4, 0.5) is 4.39 Å². The Morgan fingerprint density at radius 1 is 1.50 bits per heavy atom. The third kappa shape index (κ3) is 2.08. The molecule has 2 rings (SSSR count). The van der Waals surface area contributed by atoms with Crippen molar-refractivity contribution in [1.29, 1.82) is 0 Å². The molecule has 0 radical (unpaired) electrons. The van der Waals surface area contributed by atoms with Crippen molar-refractivity contribution in [2.45, 2.75) is 13.0 Å². The second kappa shape index (κ2) is 4.70. The highest BCUT2D eigenvalue weighted by Gasteiger charge is 2.28. The molecule has 1 fully saturated rings. The van der Waals surface area contributed by atoms with E-state index in [-0.39, 0.29) is 11.9 Å². The zero-order chi connectivity index (χ0) is 11.7. The Morgan fingerprint density at radius 2 is 2.19 bits per heavy atom. The third-order valence-corrected chi connectivity index (χ3v) is 3.54. The van der Waals surface area contributed by atoms with Crippen LogP contribution in [0, 0.1) is 18.7 Å². The summed E-state index contributed by atoms with van der Waals surface area (Å²) in [6.45, 7) is 3.64. The second-order valence-electron chi connectivity index (χ2n) is 4.31. The number of nitrogens with one attached hydrogen (secondary N) is 2. The molecular weight excluding hydrogens is 227 g/mol. The minimum absolute atomic E-state index is 0.129. The van der Waals surface area contributed by atoms with Gasteiger partial charge in [-0.3, -0.25) is 0 Å². The number of hydrogen-bond donors (Lipinski definition) is 2. The molecule has 0 amide bonds. The molecule has 0 aromatic heterocycles. The molecule has 1 aliphatic heterocycles. The van der Waals surface area contributed by atoms with Crippen LogP contribution < -0.4 is 10.6 Å². The molecule has 88 valence electrons. The summed E-state index contributed by atoms with van der Waals surface area (Å²) in [5.74, 6) is 0.302. The normalized spacial score (nSPS) is 18.2. The molecular formula is C12H16ClFN2. The van der Waals surface area contributed by atoms with Gasteiger partial charge in [0.1, 0.15) is 5.82 Å². The molecule has 1 unspecified atom stereocenters. The molecule has 4 heteroatoms. The van der Waals surface area contributed by atoms with Crippen LogP contribution in [0.3, 0.4) is 0 Å². The fraction of sp³-hybridized carbons (Fsp3) is 0.500. The van der Waals surface area contributed by atoms with Crippen molar-refractivity contribution in [3.8, 4) is 0 Å². The Kier molecular flexibility index (Phi) is 3.47. The van der Waals surface area contributed by atoms with Gasteiger partial charge in [0.15, 0.2) is 0 Å². The molecule has 2 N–H and O–H groups in total. The van der Waals surface area contributed by atoms with Crippen LogP contribution in [0.2, 0.25) is 5.02 Å². The lowest BCUT2D eigenvalue weighted by Gasteiger charge is -2.35. The van der Waals surface area contributed by atoms with Crippen molar-refractivity contribution >= 4 is 11.6 Å². The first kappa shape index (κ1) is 11.8. The lowest BCUT2D eigenvalue weighted by Crippen LogP contribution is -2.48. The van der Waals surface area contributed by atoms with Crippen molar-refractivity contribution in [2.75, 3.05) is 20.1 Å². The van der Waals surface area contributed by atoms with E-state index in [1.807, 2.05) is 7.05 Å². The number of halogens is 2. The third-order valence-electron chi connectivity index (χ3n) is 3.21. The van der Waals surface area contributed by atoms with Crippen LogP contribution in [-0.4, -0.2) is 20.1 Å². The predicted molar refractivity (Wildman–Crippen MR) is 64.3 cm³/mol. The van der Waals surface area contributed by atoms with Gasteiger partial charge in [0.2, 0.25) is 0 Å². The lowest BCUT2D eigenvalue weighted by molar-refractivity contribution is 0.267. The van der Waals surface area contributed by atoms with Gasteiger partial charge in [-0.15, -0.1) is 0 Å². The lowest BCUT2D eigenvalue weighted by atomic mass is 9.88. The van der Waals surface area contributed by atoms with Gasteiger partial charge >= 0.3 is 0 Å². The molecule has 2 nitrogen and oxygen atoms in total. The van der Waals surface area contributed by atoms with Crippen LogP contribution in [0.1, 0.15) is 17.2 Å². The number of hydrogen-bond acceptors (Lipinski definition) is 2. The van der Waals surface area contributed by atoms with E-state index >= 15 is 0 Å². The van der Waals surface area contributed by atoms with Gasteiger partial charge in [0, 0.05) is 30.1 Å². The Hall–Kier alpha value is -0.640. The van der Waals surface area contributed by atoms with E-state index in [9.17, 15) is 4.39 Å². The van der Waals surface area contributed by atoms with Crippen LogP contribution in [0.15, 0.2) is 12.1 Å². The Balaban J connectivity index is 2.33. The van der Waals surface area contributed by atoms with Crippen molar-refractivity contribution in [1.82, 2.24) is 10.6 Å². The molecule has 0 bridgehead atoms. The van der Waals surface area contributed by atoms with E-state index < -0.39 is 0 Å². The summed E-state index contributed by atoms with van der Waals surface area (Å²) in [6, 6.07) is 3.38. The molecule has 16 heavy (non-hydrogen) atoms. The van der Waals surface area contributed by atoms with Crippen molar-refractivity contribution in [3.05, 3.63) is 34.1 Å². The number of benzene rings is 1. The quantitative estimate of drug-likeness (QED) is 0.850. The van der Waals surface area contributed by atoms with Gasteiger partial charge in [0.25, 0.3) is 0 Å². The summed E-state index contributed by atoms with van der Waals surface area (Å²) in [7, 11) is 1.89. The van der Waals surface area contributed by atoms with Crippen LogP contribution in [0.25, 0.3) is 0 Å². The van der Waals surface area contributed by atoms with E-state index in [0.717, 1.165) is 18.7 Å². The van der Waals surface area contributed by atoms with Crippen molar-refractivity contribution in [2.24, 2.45) is 5.92 Å². The molecule has 0 aliphatic carbocycles. The monoisotopic (exact) mass is 242 g/mol. The SMILES string of the molecule is CNC(c1cc(F)c(C)cc1Cl)C1CNC1. The van der Waals surface area contributed by atoms with Gasteiger partial charge in [-0.05, 0) is 37.2 Å². The van der Waals surface area contributed by atoms with E-state index in [2.05, 4.69) is 10.6 Å². The topological polar surface area (TPSA) is 24.1 Å². The highest BCUT2D eigenvalue weighted by molar-refractivity contribution is 6.31. The van der Waals surface area contributed by atoms with E-state index in [4.69, 9.17) is 11.6 Å². The molecule has 0 saturated carbocycles.